The summed E-state index contributed by atoms with van der Waals surface area (Å²) in [6.07, 6.45) is 0. The standard InChI is InChI=1S/C28H23FN2O6S/c1-3-36-18-10-11-19-22(14-18)38-28(30-19)31-24(16-7-12-20(32)21(13-16)37-4-2)23(26(34)27(31)35)25(33)15-5-8-17(29)9-6-15/h5-14,24,32-33H,3-4H2,1-2H3/b25-23+. The molecule has 2 heterocycles. The lowest BCUT2D eigenvalue weighted by molar-refractivity contribution is -0.132. The van der Waals surface area contributed by atoms with Crippen LogP contribution in [-0.2, 0) is 9.59 Å². The van der Waals surface area contributed by atoms with Gasteiger partial charge in [0.25, 0.3) is 5.78 Å². The average molecular weight is 535 g/mol. The number of aromatic hydroxyl groups is 1. The number of carbonyl (C=O) groups excluding carboxylic acids is 2. The summed E-state index contributed by atoms with van der Waals surface area (Å²) in [5.41, 5.74) is 0.990. The molecular weight excluding hydrogens is 511 g/mol. The van der Waals surface area contributed by atoms with Gasteiger partial charge in [0.05, 0.1) is 35.0 Å². The lowest BCUT2D eigenvalue weighted by Gasteiger charge is -2.23. The molecule has 3 aromatic carbocycles. The van der Waals surface area contributed by atoms with E-state index in [0.717, 1.165) is 16.8 Å². The van der Waals surface area contributed by atoms with Crippen LogP contribution in [0.2, 0.25) is 0 Å². The predicted octanol–water partition coefficient (Wildman–Crippen LogP) is 5.56. The van der Waals surface area contributed by atoms with Crippen molar-refractivity contribution >= 4 is 44.1 Å². The second kappa shape index (κ2) is 10.1. The number of anilines is 1. The summed E-state index contributed by atoms with van der Waals surface area (Å²) in [6.45, 7) is 4.38. The van der Waals surface area contributed by atoms with Crippen molar-refractivity contribution in [2.45, 2.75) is 19.9 Å². The van der Waals surface area contributed by atoms with Crippen LogP contribution in [0.15, 0.2) is 66.2 Å². The number of benzene rings is 3. The highest BCUT2D eigenvalue weighted by Crippen LogP contribution is 2.46. The first-order chi connectivity index (χ1) is 18.3. The van der Waals surface area contributed by atoms with Gasteiger partial charge in [-0.1, -0.05) is 17.4 Å². The second-order valence-electron chi connectivity index (χ2n) is 8.40. The maximum atomic E-state index is 13.5. The first-order valence-corrected chi connectivity index (χ1v) is 12.7. The molecule has 4 aromatic rings. The Morgan fingerprint density at radius 3 is 2.47 bits per heavy atom. The molecule has 1 atom stereocenters. The fourth-order valence-electron chi connectivity index (χ4n) is 4.33. The fraction of sp³-hybridized carbons (Fsp3) is 0.179. The third kappa shape index (κ3) is 4.43. The highest BCUT2D eigenvalue weighted by atomic mass is 32.1. The van der Waals surface area contributed by atoms with Crippen molar-refractivity contribution in [3.63, 3.8) is 0 Å². The number of aromatic nitrogens is 1. The molecule has 10 heteroatoms. The van der Waals surface area contributed by atoms with Crippen molar-refractivity contribution in [2.75, 3.05) is 18.1 Å². The van der Waals surface area contributed by atoms with Crippen LogP contribution in [0.3, 0.4) is 0 Å². The molecule has 0 bridgehead atoms. The Balaban J connectivity index is 1.71. The molecule has 1 fully saturated rings. The van der Waals surface area contributed by atoms with Gasteiger partial charge in [0, 0.05) is 5.56 Å². The van der Waals surface area contributed by atoms with Crippen LogP contribution in [0.5, 0.6) is 17.2 Å². The van der Waals surface area contributed by atoms with Gasteiger partial charge in [-0.2, -0.15) is 0 Å². The van der Waals surface area contributed by atoms with E-state index < -0.39 is 29.3 Å². The molecule has 1 amide bonds. The topological polar surface area (TPSA) is 109 Å². The van der Waals surface area contributed by atoms with Gasteiger partial charge in [-0.05, 0) is 74.0 Å². The van der Waals surface area contributed by atoms with Crippen LogP contribution < -0.4 is 14.4 Å². The minimum Gasteiger partial charge on any atom is -0.507 e. The molecule has 0 saturated carbocycles. The molecule has 1 aliphatic rings. The van der Waals surface area contributed by atoms with Gasteiger partial charge < -0.3 is 19.7 Å². The SMILES string of the molecule is CCOc1ccc2nc(N3C(=O)C(=O)/C(=C(/O)c4ccc(F)cc4)C3c3ccc(O)c(OCC)c3)sc2c1. The third-order valence-corrected chi connectivity index (χ3v) is 7.04. The molecule has 1 unspecified atom stereocenters. The highest BCUT2D eigenvalue weighted by Gasteiger charge is 2.48. The number of fused-ring (bicyclic) bond motifs is 1. The molecule has 1 aromatic heterocycles. The number of ketones is 1. The van der Waals surface area contributed by atoms with Crippen molar-refractivity contribution in [1.82, 2.24) is 4.98 Å². The number of amides is 1. The third-order valence-electron chi connectivity index (χ3n) is 6.03. The second-order valence-corrected chi connectivity index (χ2v) is 9.40. The van der Waals surface area contributed by atoms with Gasteiger partial charge in [0.2, 0.25) is 0 Å². The van der Waals surface area contributed by atoms with E-state index in [2.05, 4.69) is 4.98 Å². The van der Waals surface area contributed by atoms with Crippen LogP contribution in [0, 0.1) is 5.82 Å². The van der Waals surface area contributed by atoms with E-state index >= 15 is 0 Å². The molecule has 5 rings (SSSR count). The number of hydrogen-bond acceptors (Lipinski definition) is 8. The van der Waals surface area contributed by atoms with E-state index in [1.807, 2.05) is 6.92 Å². The van der Waals surface area contributed by atoms with Gasteiger partial charge in [-0.3, -0.25) is 14.5 Å². The van der Waals surface area contributed by atoms with Crippen LogP contribution >= 0.6 is 11.3 Å². The zero-order chi connectivity index (χ0) is 27.0. The molecule has 0 spiro atoms. The normalized spacial score (nSPS) is 16.8. The maximum Gasteiger partial charge on any atom is 0.301 e. The minimum absolute atomic E-state index is 0.116. The van der Waals surface area contributed by atoms with Crippen LogP contribution in [0.4, 0.5) is 9.52 Å². The summed E-state index contributed by atoms with van der Waals surface area (Å²) in [5.74, 6) is -2.09. The first-order valence-electron chi connectivity index (χ1n) is 11.9. The summed E-state index contributed by atoms with van der Waals surface area (Å²) in [6, 6.07) is 13.6. The van der Waals surface area contributed by atoms with Crippen molar-refractivity contribution in [1.29, 1.82) is 0 Å². The Morgan fingerprint density at radius 1 is 1.03 bits per heavy atom. The summed E-state index contributed by atoms with van der Waals surface area (Å²) < 4.78 is 25.4. The van der Waals surface area contributed by atoms with Gasteiger partial charge >= 0.3 is 5.91 Å². The minimum atomic E-state index is -1.09. The molecule has 8 nitrogen and oxygen atoms in total. The van der Waals surface area contributed by atoms with E-state index in [9.17, 15) is 24.2 Å². The highest BCUT2D eigenvalue weighted by molar-refractivity contribution is 7.22. The van der Waals surface area contributed by atoms with Crippen molar-refractivity contribution in [2.24, 2.45) is 0 Å². The Kier molecular flexibility index (Phi) is 6.73. The summed E-state index contributed by atoms with van der Waals surface area (Å²) in [4.78, 5) is 32.6. The van der Waals surface area contributed by atoms with Crippen LogP contribution in [0.1, 0.15) is 31.0 Å². The lowest BCUT2D eigenvalue weighted by Crippen LogP contribution is -2.29. The van der Waals surface area contributed by atoms with Crippen molar-refractivity contribution < 1.29 is 33.7 Å². The molecule has 1 saturated heterocycles. The number of aliphatic hydroxyl groups is 1. The van der Waals surface area contributed by atoms with E-state index in [-0.39, 0.29) is 34.4 Å². The number of thiazole rings is 1. The van der Waals surface area contributed by atoms with Crippen molar-refractivity contribution in [3.8, 4) is 17.2 Å². The number of aliphatic hydroxyl groups excluding tert-OH is 1. The number of ether oxygens (including phenoxy) is 2. The van der Waals surface area contributed by atoms with Gasteiger partial charge in [0.1, 0.15) is 17.3 Å². The van der Waals surface area contributed by atoms with Gasteiger partial charge in [-0.15, -0.1) is 0 Å². The molecule has 2 N–H and O–H groups in total. The number of hydrogen-bond donors (Lipinski definition) is 2. The number of phenolic OH excluding ortho intramolecular Hbond substituents is 1. The molecule has 0 aliphatic carbocycles. The van der Waals surface area contributed by atoms with E-state index in [1.165, 1.54) is 40.5 Å². The number of Topliss-reactive ketones (excluding diaryl/α,β-unsaturated/α-hetero) is 1. The van der Waals surface area contributed by atoms with Gasteiger partial charge in [-0.25, -0.2) is 9.37 Å². The monoisotopic (exact) mass is 534 g/mol. The molecule has 194 valence electrons. The number of rotatable bonds is 7. The summed E-state index contributed by atoms with van der Waals surface area (Å²) in [7, 11) is 0. The molecule has 38 heavy (non-hydrogen) atoms. The maximum absolute atomic E-state index is 13.5. The number of carbonyl (C=O) groups is 2. The number of nitrogens with zero attached hydrogens (tertiary/aromatic N) is 2. The van der Waals surface area contributed by atoms with E-state index in [4.69, 9.17) is 9.47 Å². The quantitative estimate of drug-likeness (QED) is 0.181. The zero-order valence-electron chi connectivity index (χ0n) is 20.5. The Morgan fingerprint density at radius 2 is 1.76 bits per heavy atom. The molecule has 0 radical (unpaired) electrons. The summed E-state index contributed by atoms with van der Waals surface area (Å²) >= 11 is 1.20. The lowest BCUT2D eigenvalue weighted by atomic mass is 9.95. The predicted molar refractivity (Wildman–Crippen MR) is 141 cm³/mol. The average Bonchev–Trinajstić information content (AvgIpc) is 3.43. The largest absolute Gasteiger partial charge is 0.507 e. The number of phenols is 1. The number of halogens is 1. The first kappa shape index (κ1) is 25.2. The molecular formula is C28H23FN2O6S. The van der Waals surface area contributed by atoms with Crippen LogP contribution in [-0.4, -0.2) is 40.1 Å². The zero-order valence-corrected chi connectivity index (χ0v) is 21.3. The smallest absolute Gasteiger partial charge is 0.301 e. The summed E-state index contributed by atoms with van der Waals surface area (Å²) in [5, 5.41) is 21.7. The Labute approximate surface area is 221 Å². The van der Waals surface area contributed by atoms with E-state index in [1.54, 1.807) is 31.2 Å². The van der Waals surface area contributed by atoms with Crippen LogP contribution in [0.25, 0.3) is 16.0 Å². The van der Waals surface area contributed by atoms with Crippen molar-refractivity contribution in [3.05, 3.63) is 83.2 Å². The Hall–Kier alpha value is -4.44. The fourth-order valence-corrected chi connectivity index (χ4v) is 5.35. The molecule has 1 aliphatic heterocycles. The van der Waals surface area contributed by atoms with Gasteiger partial charge in [0.15, 0.2) is 16.6 Å². The van der Waals surface area contributed by atoms with E-state index in [0.29, 0.717) is 23.4 Å². The Bertz CT molecular complexity index is 1580.